The van der Waals surface area contributed by atoms with Crippen LogP contribution in [0.5, 0.6) is 0 Å². The molecule has 1 aromatic rings. The third-order valence-electron chi connectivity index (χ3n) is 3.24. The number of hydrogen-bond acceptors (Lipinski definition) is 1. The van der Waals surface area contributed by atoms with Crippen molar-refractivity contribution in [2.24, 2.45) is 0 Å². The van der Waals surface area contributed by atoms with Crippen molar-refractivity contribution in [3.63, 3.8) is 0 Å². The second-order valence-corrected chi connectivity index (χ2v) is 7.72. The van der Waals surface area contributed by atoms with Crippen molar-refractivity contribution in [1.29, 1.82) is 0 Å². The summed E-state index contributed by atoms with van der Waals surface area (Å²) in [5, 5.41) is 0. The van der Waals surface area contributed by atoms with E-state index in [1.165, 1.54) is 13.8 Å². The van der Waals surface area contributed by atoms with E-state index in [1.807, 2.05) is 20.8 Å². The molecule has 1 unspecified atom stereocenters. The zero-order valence-electron chi connectivity index (χ0n) is 12.6. The molecule has 0 fully saturated rings. The molecule has 0 aliphatic heterocycles. The van der Waals surface area contributed by atoms with E-state index in [9.17, 15) is 8.28 Å². The van der Waals surface area contributed by atoms with Crippen molar-refractivity contribution in [1.82, 2.24) is 0 Å². The molecule has 0 saturated carbocycles. The van der Waals surface area contributed by atoms with Gasteiger partial charge in [-0.2, -0.15) is 3.89 Å². The van der Waals surface area contributed by atoms with Crippen LogP contribution in [0.25, 0.3) is 0 Å². The van der Waals surface area contributed by atoms with E-state index in [0.717, 1.165) is 11.1 Å². The maximum Gasteiger partial charge on any atom is 0.131 e. The highest BCUT2D eigenvalue weighted by molar-refractivity contribution is 7.94. The van der Waals surface area contributed by atoms with E-state index >= 15 is 0 Å². The zero-order valence-corrected chi connectivity index (χ0v) is 14.1. The average Bonchev–Trinajstić information content (AvgIpc) is 2.25. The molecule has 0 saturated heterocycles. The summed E-state index contributed by atoms with van der Waals surface area (Å²) < 4.78 is 27.2. The monoisotopic (exact) mass is 318 g/mol. The lowest BCUT2D eigenvalue weighted by molar-refractivity contribution is 0.217. The van der Waals surface area contributed by atoms with Gasteiger partial charge in [0.2, 0.25) is 0 Å². The third-order valence-corrected chi connectivity index (χ3v) is 3.98. The summed E-state index contributed by atoms with van der Waals surface area (Å²) in [6.07, 6.45) is 0. The van der Waals surface area contributed by atoms with Crippen molar-refractivity contribution in [3.8, 4) is 0 Å². The van der Waals surface area contributed by atoms with Crippen molar-refractivity contribution in [3.05, 3.63) is 41.5 Å². The van der Waals surface area contributed by atoms with Gasteiger partial charge < -0.3 is 0 Å². The maximum absolute atomic E-state index is 14.3. The summed E-state index contributed by atoms with van der Waals surface area (Å²) in [5.41, 5.74) is 0.486. The molecule has 0 spiro atoms. The van der Waals surface area contributed by atoms with E-state index < -0.39 is 10.5 Å². The lowest BCUT2D eigenvalue weighted by Crippen LogP contribution is -2.24. The molecule has 0 nitrogen and oxygen atoms in total. The molecule has 1 atom stereocenters. The van der Waals surface area contributed by atoms with Gasteiger partial charge in [-0.05, 0) is 46.2 Å². The first-order valence-corrected chi connectivity index (χ1v) is 7.54. The Bertz CT molecular complexity index is 498. The first kappa shape index (κ1) is 17.5. The summed E-state index contributed by atoms with van der Waals surface area (Å²) in [7, 11) is 0. The molecule has 4 heteroatoms. The minimum Gasteiger partial charge on any atom is -0.239 e. The van der Waals surface area contributed by atoms with Crippen LogP contribution >= 0.6 is 23.7 Å². The Hall–Kier alpha value is -0.540. The molecular formula is C16H21ClF2S. The Morgan fingerprint density at radius 1 is 1.30 bits per heavy atom. The molecule has 0 aromatic heterocycles. The average molecular weight is 319 g/mol. The molecule has 0 bridgehead atoms. The Kier molecular flexibility index (Phi) is 5.31. The molecule has 0 heterocycles. The number of alkyl halides is 2. The normalized spacial score (nSPS) is 14.2. The summed E-state index contributed by atoms with van der Waals surface area (Å²) in [6, 6.07) is 5.10. The zero-order chi connectivity index (χ0) is 15.7. The van der Waals surface area contributed by atoms with Gasteiger partial charge in [0, 0.05) is 21.3 Å². The van der Waals surface area contributed by atoms with Gasteiger partial charge in [0.1, 0.15) is 5.67 Å². The molecule has 20 heavy (non-hydrogen) atoms. The molecule has 0 N–H and O–H groups in total. The van der Waals surface area contributed by atoms with Crippen molar-refractivity contribution < 1.29 is 8.28 Å². The number of rotatable bonds is 5. The van der Waals surface area contributed by atoms with Gasteiger partial charge in [-0.3, -0.25) is 0 Å². The second-order valence-electron chi connectivity index (χ2n) is 6.15. The second kappa shape index (κ2) is 6.07. The van der Waals surface area contributed by atoms with Gasteiger partial charge in [-0.15, -0.1) is 11.6 Å². The highest BCUT2D eigenvalue weighted by Crippen LogP contribution is 2.42. The fraction of sp³-hybridized carbons (Fsp3) is 0.500. The summed E-state index contributed by atoms with van der Waals surface area (Å²) in [6.45, 7) is 12.5. The molecule has 1 rings (SSSR count). The first-order chi connectivity index (χ1) is 8.98. The van der Waals surface area contributed by atoms with Crippen molar-refractivity contribution in [2.75, 3.05) is 0 Å². The molecule has 112 valence electrons. The SMILES string of the molecule is C=C(C)C(c1ccc(SF)c(C(C)(C)F)c1)C(C)(C)Cl. The van der Waals surface area contributed by atoms with Crippen LogP contribution in [0.4, 0.5) is 8.28 Å². The Labute approximate surface area is 129 Å². The fourth-order valence-electron chi connectivity index (χ4n) is 2.53. The largest absolute Gasteiger partial charge is 0.239 e. The predicted molar refractivity (Wildman–Crippen MR) is 85.0 cm³/mol. The van der Waals surface area contributed by atoms with E-state index in [0.29, 0.717) is 10.5 Å². The van der Waals surface area contributed by atoms with Gasteiger partial charge in [0.25, 0.3) is 0 Å². The van der Waals surface area contributed by atoms with E-state index in [-0.39, 0.29) is 18.1 Å². The van der Waals surface area contributed by atoms with E-state index in [2.05, 4.69) is 6.58 Å². The minimum atomic E-state index is -1.61. The summed E-state index contributed by atoms with van der Waals surface area (Å²) >= 11 is 6.50. The molecule has 0 radical (unpaired) electrons. The Morgan fingerprint density at radius 3 is 2.20 bits per heavy atom. The third kappa shape index (κ3) is 3.98. The fourth-order valence-corrected chi connectivity index (χ4v) is 3.34. The van der Waals surface area contributed by atoms with Crippen molar-refractivity contribution >= 4 is 23.7 Å². The van der Waals surface area contributed by atoms with Crippen molar-refractivity contribution in [2.45, 2.75) is 56.0 Å². The summed E-state index contributed by atoms with van der Waals surface area (Å²) in [5.74, 6) is -0.121. The highest BCUT2D eigenvalue weighted by Gasteiger charge is 2.31. The first-order valence-electron chi connectivity index (χ1n) is 6.44. The molecule has 1 aromatic carbocycles. The van der Waals surface area contributed by atoms with Gasteiger partial charge in [-0.1, -0.05) is 24.3 Å². The Balaban J connectivity index is 3.44. The number of allylic oxidation sites excluding steroid dienone is 1. The van der Waals surface area contributed by atoms with Crippen LogP contribution in [0.15, 0.2) is 35.2 Å². The van der Waals surface area contributed by atoms with Gasteiger partial charge in [0.15, 0.2) is 0 Å². The van der Waals surface area contributed by atoms with E-state index in [1.54, 1.807) is 18.2 Å². The van der Waals surface area contributed by atoms with Crippen LogP contribution in [0.2, 0.25) is 0 Å². The van der Waals surface area contributed by atoms with E-state index in [4.69, 9.17) is 11.6 Å². The lowest BCUT2D eigenvalue weighted by atomic mass is 9.81. The minimum absolute atomic E-state index is 0.0632. The lowest BCUT2D eigenvalue weighted by Gasteiger charge is -2.31. The predicted octanol–water partition coefficient (Wildman–Crippen LogP) is 6.54. The molecule has 0 amide bonds. The van der Waals surface area contributed by atoms with Crippen LogP contribution in [0.1, 0.15) is 51.7 Å². The number of halogens is 3. The van der Waals surface area contributed by atoms with Crippen LogP contribution in [-0.2, 0) is 5.67 Å². The molecular weight excluding hydrogens is 298 g/mol. The standard InChI is InChI=1S/C16H21ClF2S/c1-10(2)14(15(3,4)17)11-7-8-13(20-19)12(9-11)16(5,6)18/h7-9,14H,1H2,2-6H3. The van der Waals surface area contributed by atoms with Crippen LogP contribution in [0, 0.1) is 0 Å². The maximum atomic E-state index is 14.3. The van der Waals surface area contributed by atoms with Crippen LogP contribution in [0.3, 0.4) is 0 Å². The molecule has 0 aliphatic rings. The van der Waals surface area contributed by atoms with Crippen LogP contribution < -0.4 is 0 Å². The number of benzene rings is 1. The topological polar surface area (TPSA) is 0 Å². The molecule has 0 aliphatic carbocycles. The Morgan fingerprint density at radius 2 is 1.85 bits per heavy atom. The van der Waals surface area contributed by atoms with Gasteiger partial charge in [0.05, 0.1) is 12.1 Å². The quantitative estimate of drug-likeness (QED) is 0.438. The van der Waals surface area contributed by atoms with Crippen LogP contribution in [-0.4, -0.2) is 4.87 Å². The number of hydrogen-bond donors (Lipinski definition) is 0. The highest BCUT2D eigenvalue weighted by atomic mass is 35.5. The smallest absolute Gasteiger partial charge is 0.131 e. The van der Waals surface area contributed by atoms with Gasteiger partial charge in [-0.25, -0.2) is 4.39 Å². The summed E-state index contributed by atoms with van der Waals surface area (Å²) in [4.78, 5) is -0.248. The van der Waals surface area contributed by atoms with Gasteiger partial charge >= 0.3 is 0 Å².